The van der Waals surface area contributed by atoms with Crippen LogP contribution in [-0.2, 0) is 50.0 Å². The van der Waals surface area contributed by atoms with E-state index in [2.05, 4.69) is 37.4 Å². The number of aryl methyl sites for hydroxylation is 1. The summed E-state index contributed by atoms with van der Waals surface area (Å²) in [7, 11) is 0. The molecule has 1 atom stereocenters. The van der Waals surface area contributed by atoms with E-state index in [-0.39, 0.29) is 37.8 Å². The Morgan fingerprint density at radius 2 is 1.79 bits per heavy atom. The molecule has 0 spiro atoms. The number of rotatable bonds is 21. The molecule has 0 aliphatic heterocycles. The average molecular weight is 731 g/mol. The van der Waals surface area contributed by atoms with Gasteiger partial charge in [0.25, 0.3) is 5.09 Å². The standard InChI is InChI=1S/C36H39ClN8O7/c1-2-3-14-33-38-35(37)32(43(33)22-27-16-18-28(19-17-27)30-12-7-8-13-31(30)36-39-41-42-40-36)24-52-44(25-46)29(21-26-10-5-4-6-11-26)23-50-34(47)15-9-20-51-45(48)49/h4-8,10-13,16-19,25,29H,2-3,9,14-15,20-24H2,1H3,(H,39,40,41,42)/t29-/m0/s1. The van der Waals surface area contributed by atoms with Crippen LogP contribution in [0.15, 0.2) is 78.9 Å². The molecule has 0 bridgehead atoms. The van der Waals surface area contributed by atoms with E-state index < -0.39 is 17.1 Å². The second-order valence-electron chi connectivity index (χ2n) is 11.9. The Hall–Kier alpha value is -5.67. The van der Waals surface area contributed by atoms with Crippen LogP contribution in [0, 0.1) is 10.1 Å². The lowest BCUT2D eigenvalue weighted by Gasteiger charge is -2.27. The van der Waals surface area contributed by atoms with Crippen molar-refractivity contribution in [2.45, 2.75) is 64.6 Å². The monoisotopic (exact) mass is 730 g/mol. The largest absolute Gasteiger partial charge is 0.463 e. The predicted octanol–water partition coefficient (Wildman–Crippen LogP) is 5.81. The van der Waals surface area contributed by atoms with E-state index in [1.807, 2.05) is 83.4 Å². The number of hydroxylamine groups is 2. The van der Waals surface area contributed by atoms with Crippen molar-refractivity contribution in [3.8, 4) is 22.5 Å². The molecule has 1 N–H and O–H groups in total. The number of amides is 1. The van der Waals surface area contributed by atoms with Gasteiger partial charge in [0.1, 0.15) is 19.0 Å². The molecular weight excluding hydrogens is 692 g/mol. The Balaban J connectivity index is 1.32. The number of imidazole rings is 1. The van der Waals surface area contributed by atoms with Crippen molar-refractivity contribution in [3.63, 3.8) is 0 Å². The van der Waals surface area contributed by atoms with Crippen LogP contribution < -0.4 is 0 Å². The molecule has 0 saturated heterocycles. The number of H-pyrrole nitrogens is 1. The molecular formula is C36H39ClN8O7. The van der Waals surface area contributed by atoms with Crippen LogP contribution in [0.4, 0.5) is 0 Å². The minimum absolute atomic E-state index is 0.0785. The Morgan fingerprint density at radius 3 is 2.48 bits per heavy atom. The van der Waals surface area contributed by atoms with Gasteiger partial charge in [-0.1, -0.05) is 104 Å². The summed E-state index contributed by atoms with van der Waals surface area (Å²) in [5.74, 6) is 0.792. The summed E-state index contributed by atoms with van der Waals surface area (Å²) in [6.07, 6.45) is 3.46. The van der Waals surface area contributed by atoms with Crippen LogP contribution in [0.5, 0.6) is 0 Å². The number of carbonyl (C=O) groups excluding carboxylic acids is 2. The fraction of sp³-hybridized carbons (Fsp3) is 0.333. The maximum absolute atomic E-state index is 12.4. The van der Waals surface area contributed by atoms with E-state index in [1.54, 1.807) is 0 Å². The number of esters is 1. The van der Waals surface area contributed by atoms with Gasteiger partial charge in [-0.3, -0.25) is 14.4 Å². The molecule has 0 saturated carbocycles. The third-order valence-electron chi connectivity index (χ3n) is 8.28. The van der Waals surface area contributed by atoms with Crippen molar-refractivity contribution >= 4 is 24.0 Å². The quantitative estimate of drug-likeness (QED) is 0.0317. The summed E-state index contributed by atoms with van der Waals surface area (Å²) < 4.78 is 7.48. The van der Waals surface area contributed by atoms with Gasteiger partial charge in [0, 0.05) is 24.9 Å². The van der Waals surface area contributed by atoms with Gasteiger partial charge >= 0.3 is 5.97 Å². The highest BCUT2D eigenvalue weighted by Crippen LogP contribution is 2.30. The molecule has 2 heterocycles. The second kappa shape index (κ2) is 19.1. The van der Waals surface area contributed by atoms with Crippen LogP contribution in [0.1, 0.15) is 55.3 Å². The molecule has 0 radical (unpaired) electrons. The topological polar surface area (TPSA) is 180 Å². The van der Waals surface area contributed by atoms with Gasteiger partial charge in [-0.15, -0.1) is 15.2 Å². The van der Waals surface area contributed by atoms with Crippen molar-refractivity contribution in [2.75, 3.05) is 13.2 Å². The summed E-state index contributed by atoms with van der Waals surface area (Å²) in [6, 6.07) is 24.8. The van der Waals surface area contributed by atoms with E-state index in [9.17, 15) is 19.7 Å². The number of benzene rings is 3. The Morgan fingerprint density at radius 1 is 1.04 bits per heavy atom. The molecule has 52 heavy (non-hydrogen) atoms. The number of nitrogens with zero attached hydrogens (tertiary/aromatic N) is 7. The maximum Gasteiger partial charge on any atom is 0.305 e. The van der Waals surface area contributed by atoms with Gasteiger partial charge in [0.2, 0.25) is 6.41 Å². The highest BCUT2D eigenvalue weighted by molar-refractivity contribution is 6.30. The summed E-state index contributed by atoms with van der Waals surface area (Å²) in [5.41, 5.74) is 5.33. The molecule has 272 valence electrons. The van der Waals surface area contributed by atoms with Crippen molar-refractivity contribution < 1.29 is 29.1 Å². The number of carbonyl (C=O) groups is 2. The van der Waals surface area contributed by atoms with E-state index in [1.165, 1.54) is 0 Å². The van der Waals surface area contributed by atoms with Gasteiger partial charge in [-0.05, 0) is 51.9 Å². The average Bonchev–Trinajstić information content (AvgIpc) is 3.80. The number of aromatic nitrogens is 6. The smallest absolute Gasteiger partial charge is 0.305 e. The predicted molar refractivity (Wildman–Crippen MR) is 190 cm³/mol. The molecule has 0 unspecified atom stereocenters. The molecule has 15 nitrogen and oxygen atoms in total. The normalized spacial score (nSPS) is 11.6. The van der Waals surface area contributed by atoms with E-state index in [4.69, 9.17) is 21.2 Å². The van der Waals surface area contributed by atoms with Gasteiger partial charge in [0.15, 0.2) is 11.0 Å². The van der Waals surface area contributed by atoms with Crippen LogP contribution in [0.3, 0.4) is 0 Å². The lowest BCUT2D eigenvalue weighted by Crippen LogP contribution is -2.40. The Kier molecular flexibility index (Phi) is 13.8. The van der Waals surface area contributed by atoms with E-state index >= 15 is 0 Å². The molecule has 0 fully saturated rings. The molecule has 3 aromatic carbocycles. The van der Waals surface area contributed by atoms with Crippen LogP contribution in [-0.4, -0.2) is 72.0 Å². The minimum atomic E-state index is -0.914. The maximum atomic E-state index is 12.4. The van der Waals surface area contributed by atoms with Gasteiger partial charge in [-0.2, -0.15) is 0 Å². The van der Waals surface area contributed by atoms with Gasteiger partial charge in [0.05, 0.1) is 18.3 Å². The molecule has 0 aliphatic rings. The van der Waals surface area contributed by atoms with Crippen molar-refractivity contribution in [1.29, 1.82) is 0 Å². The number of halogens is 1. The van der Waals surface area contributed by atoms with Crippen molar-refractivity contribution in [3.05, 3.63) is 117 Å². The number of ether oxygens (including phenoxy) is 1. The second-order valence-corrected chi connectivity index (χ2v) is 12.2. The van der Waals surface area contributed by atoms with Crippen LogP contribution in [0.2, 0.25) is 5.15 Å². The number of hydrogen-bond acceptors (Lipinski definition) is 11. The lowest BCUT2D eigenvalue weighted by molar-refractivity contribution is -0.757. The first-order chi connectivity index (χ1) is 25.4. The number of unbranched alkanes of at least 4 members (excludes halogenated alkanes) is 1. The summed E-state index contributed by atoms with van der Waals surface area (Å²) in [5, 5.41) is 25.2. The summed E-state index contributed by atoms with van der Waals surface area (Å²) in [4.78, 5) is 50.3. The Labute approximate surface area is 304 Å². The SMILES string of the molecule is CCCCc1nc(Cl)c(CON(C=O)[C@H](COC(=O)CCCO[N+](=O)[O-])Cc2ccccc2)n1Cc1ccc(-c2ccccc2-c2nnn[nH]2)cc1. The summed E-state index contributed by atoms with van der Waals surface area (Å²) >= 11 is 6.73. The zero-order valence-electron chi connectivity index (χ0n) is 28.6. The molecule has 0 aliphatic carbocycles. The minimum Gasteiger partial charge on any atom is -0.463 e. The third kappa shape index (κ3) is 10.4. The Bertz CT molecular complexity index is 1890. The highest BCUT2D eigenvalue weighted by atomic mass is 35.5. The van der Waals surface area contributed by atoms with Crippen LogP contribution >= 0.6 is 11.6 Å². The lowest BCUT2D eigenvalue weighted by atomic mass is 9.98. The van der Waals surface area contributed by atoms with Gasteiger partial charge < -0.3 is 14.1 Å². The summed E-state index contributed by atoms with van der Waals surface area (Å²) in [6.45, 7) is 2.09. The number of aromatic amines is 1. The number of hydrogen-bond donors (Lipinski definition) is 1. The highest BCUT2D eigenvalue weighted by Gasteiger charge is 2.24. The number of tetrazole rings is 1. The van der Waals surface area contributed by atoms with Crippen molar-refractivity contribution in [2.24, 2.45) is 0 Å². The zero-order chi connectivity index (χ0) is 36.7. The van der Waals surface area contributed by atoms with Crippen LogP contribution in [0.25, 0.3) is 22.5 Å². The number of nitrogens with one attached hydrogen (secondary N) is 1. The van der Waals surface area contributed by atoms with E-state index in [0.29, 0.717) is 37.3 Å². The fourth-order valence-electron chi connectivity index (χ4n) is 5.63. The first kappa shape index (κ1) is 37.6. The zero-order valence-corrected chi connectivity index (χ0v) is 29.4. The van der Waals surface area contributed by atoms with Gasteiger partial charge in [-0.25, -0.2) is 15.1 Å². The first-order valence-electron chi connectivity index (χ1n) is 16.9. The third-order valence-corrected chi connectivity index (χ3v) is 8.58. The van der Waals surface area contributed by atoms with E-state index in [0.717, 1.165) is 51.5 Å². The molecule has 5 rings (SSSR count). The molecule has 1 amide bonds. The first-order valence-corrected chi connectivity index (χ1v) is 17.2. The molecule has 16 heteroatoms. The van der Waals surface area contributed by atoms with Crippen molar-refractivity contribution in [1.82, 2.24) is 35.2 Å². The fourth-order valence-corrected chi connectivity index (χ4v) is 5.88. The molecule has 2 aromatic heterocycles. The molecule has 5 aromatic rings.